The van der Waals surface area contributed by atoms with Crippen LogP contribution < -0.4 is 5.32 Å². The minimum atomic E-state index is 0.738. The van der Waals surface area contributed by atoms with Gasteiger partial charge in [0.1, 0.15) is 0 Å². The summed E-state index contributed by atoms with van der Waals surface area (Å²) in [4.78, 5) is 2.77. The van der Waals surface area contributed by atoms with Gasteiger partial charge in [-0.15, -0.1) is 0 Å². The van der Waals surface area contributed by atoms with Gasteiger partial charge in [-0.1, -0.05) is 20.3 Å². The zero-order valence-corrected chi connectivity index (χ0v) is 11.2. The summed E-state index contributed by atoms with van der Waals surface area (Å²) in [7, 11) is 2.11. The van der Waals surface area contributed by atoms with Crippen LogP contribution in [-0.4, -0.2) is 37.1 Å². The summed E-state index contributed by atoms with van der Waals surface area (Å²) in [5, 5.41) is 3.46. The van der Waals surface area contributed by atoms with Crippen LogP contribution in [0.2, 0.25) is 0 Å². The molecule has 4 atom stereocenters. The lowest BCUT2D eigenvalue weighted by atomic mass is 9.91. The summed E-state index contributed by atoms with van der Waals surface area (Å²) in [6.07, 6.45) is 7.02. The molecule has 16 heavy (non-hydrogen) atoms. The Labute approximate surface area is 101 Å². The topological polar surface area (TPSA) is 15.3 Å². The average molecular weight is 224 g/mol. The van der Waals surface area contributed by atoms with Crippen molar-refractivity contribution in [1.82, 2.24) is 10.2 Å². The van der Waals surface area contributed by atoms with Crippen LogP contribution in [0.25, 0.3) is 0 Å². The van der Waals surface area contributed by atoms with E-state index in [1.807, 2.05) is 0 Å². The maximum Gasteiger partial charge on any atom is 0.0192 e. The standard InChI is InChI=1S/C14H28N2/c1-4-12-7-8-14(11(12)2)16-9-5-6-13(10-16)15-3/h11-15H,4-10H2,1-3H3. The van der Waals surface area contributed by atoms with Crippen LogP contribution in [0.5, 0.6) is 0 Å². The fourth-order valence-corrected chi connectivity index (χ4v) is 3.86. The van der Waals surface area contributed by atoms with Crippen molar-refractivity contribution >= 4 is 0 Å². The van der Waals surface area contributed by atoms with Crippen LogP contribution >= 0.6 is 0 Å². The molecule has 1 N–H and O–H groups in total. The predicted octanol–water partition coefficient (Wildman–Crippen LogP) is 2.49. The normalized spacial score (nSPS) is 41.4. The predicted molar refractivity (Wildman–Crippen MR) is 69.6 cm³/mol. The van der Waals surface area contributed by atoms with Crippen LogP contribution in [0.1, 0.15) is 46.0 Å². The third kappa shape index (κ3) is 2.43. The van der Waals surface area contributed by atoms with Gasteiger partial charge in [-0.3, -0.25) is 4.90 Å². The van der Waals surface area contributed by atoms with Crippen molar-refractivity contribution in [1.29, 1.82) is 0 Å². The van der Waals surface area contributed by atoms with Crippen molar-refractivity contribution in [2.75, 3.05) is 20.1 Å². The SMILES string of the molecule is CCC1CCC(N2CCCC(NC)C2)C1C. The van der Waals surface area contributed by atoms with E-state index in [2.05, 4.69) is 31.1 Å². The molecule has 94 valence electrons. The van der Waals surface area contributed by atoms with Crippen molar-refractivity contribution in [3.63, 3.8) is 0 Å². The molecule has 1 heterocycles. The van der Waals surface area contributed by atoms with E-state index in [-0.39, 0.29) is 0 Å². The molecule has 2 heteroatoms. The molecule has 2 rings (SSSR count). The second-order valence-corrected chi connectivity index (χ2v) is 5.79. The Bertz CT molecular complexity index is 217. The Hall–Kier alpha value is -0.0800. The molecule has 0 bridgehead atoms. The molecule has 1 saturated carbocycles. The largest absolute Gasteiger partial charge is 0.316 e. The molecule has 1 saturated heterocycles. The van der Waals surface area contributed by atoms with Gasteiger partial charge in [0.2, 0.25) is 0 Å². The molecule has 2 fully saturated rings. The number of rotatable bonds is 3. The van der Waals surface area contributed by atoms with E-state index in [0.717, 1.165) is 23.9 Å². The first kappa shape index (κ1) is 12.4. The van der Waals surface area contributed by atoms with Crippen LogP contribution in [0.15, 0.2) is 0 Å². The van der Waals surface area contributed by atoms with Gasteiger partial charge in [0.05, 0.1) is 0 Å². The molecule has 1 aliphatic heterocycles. The number of piperidine rings is 1. The monoisotopic (exact) mass is 224 g/mol. The maximum atomic E-state index is 3.46. The number of likely N-dealkylation sites (tertiary alicyclic amines) is 1. The average Bonchev–Trinajstić information content (AvgIpc) is 2.70. The van der Waals surface area contributed by atoms with Gasteiger partial charge in [0, 0.05) is 18.6 Å². The number of hydrogen-bond acceptors (Lipinski definition) is 2. The molecule has 0 aromatic carbocycles. The number of hydrogen-bond donors (Lipinski definition) is 1. The van der Waals surface area contributed by atoms with Gasteiger partial charge in [0.25, 0.3) is 0 Å². The van der Waals surface area contributed by atoms with E-state index >= 15 is 0 Å². The maximum absolute atomic E-state index is 3.46. The number of nitrogens with one attached hydrogen (secondary N) is 1. The molecule has 0 aromatic heterocycles. The Morgan fingerprint density at radius 1 is 1.25 bits per heavy atom. The van der Waals surface area contributed by atoms with Gasteiger partial charge in [0.15, 0.2) is 0 Å². The number of nitrogens with zero attached hydrogens (tertiary/aromatic N) is 1. The second kappa shape index (κ2) is 5.50. The van der Waals surface area contributed by atoms with Crippen molar-refractivity contribution in [3.8, 4) is 0 Å². The van der Waals surface area contributed by atoms with Crippen molar-refractivity contribution in [2.24, 2.45) is 11.8 Å². The van der Waals surface area contributed by atoms with Crippen LogP contribution in [0.4, 0.5) is 0 Å². The summed E-state index contributed by atoms with van der Waals surface area (Å²) in [6.45, 7) is 7.45. The lowest BCUT2D eigenvalue weighted by Crippen LogP contribution is -2.49. The fraction of sp³-hybridized carbons (Fsp3) is 1.00. The number of likely N-dealkylation sites (N-methyl/N-ethyl adjacent to an activating group) is 1. The Morgan fingerprint density at radius 3 is 2.69 bits per heavy atom. The third-order valence-corrected chi connectivity index (χ3v) is 5.04. The van der Waals surface area contributed by atoms with E-state index in [4.69, 9.17) is 0 Å². The lowest BCUT2D eigenvalue weighted by Gasteiger charge is -2.39. The highest BCUT2D eigenvalue weighted by Gasteiger charge is 2.36. The Morgan fingerprint density at radius 2 is 2.06 bits per heavy atom. The summed E-state index contributed by atoms with van der Waals surface area (Å²) in [5.41, 5.74) is 0. The van der Waals surface area contributed by atoms with Gasteiger partial charge >= 0.3 is 0 Å². The zero-order valence-electron chi connectivity index (χ0n) is 11.2. The molecule has 0 amide bonds. The summed E-state index contributed by atoms with van der Waals surface area (Å²) in [5.74, 6) is 1.90. The molecular formula is C14H28N2. The molecule has 0 radical (unpaired) electrons. The summed E-state index contributed by atoms with van der Waals surface area (Å²) < 4.78 is 0. The molecule has 2 nitrogen and oxygen atoms in total. The van der Waals surface area contributed by atoms with Crippen molar-refractivity contribution in [3.05, 3.63) is 0 Å². The molecule has 1 aliphatic carbocycles. The first-order valence-electron chi connectivity index (χ1n) is 7.17. The van der Waals surface area contributed by atoms with E-state index in [1.165, 1.54) is 45.2 Å². The van der Waals surface area contributed by atoms with E-state index < -0.39 is 0 Å². The highest BCUT2D eigenvalue weighted by atomic mass is 15.2. The molecule has 4 unspecified atom stereocenters. The molecule has 0 spiro atoms. The van der Waals surface area contributed by atoms with E-state index in [0.29, 0.717) is 0 Å². The minimum absolute atomic E-state index is 0.738. The minimum Gasteiger partial charge on any atom is -0.316 e. The third-order valence-electron chi connectivity index (χ3n) is 5.04. The molecule has 2 aliphatic rings. The molecular weight excluding hydrogens is 196 g/mol. The Balaban J connectivity index is 1.92. The highest BCUT2D eigenvalue weighted by molar-refractivity contribution is 4.91. The van der Waals surface area contributed by atoms with Crippen LogP contribution in [-0.2, 0) is 0 Å². The van der Waals surface area contributed by atoms with Gasteiger partial charge in [-0.25, -0.2) is 0 Å². The second-order valence-electron chi connectivity index (χ2n) is 5.79. The smallest absolute Gasteiger partial charge is 0.0192 e. The quantitative estimate of drug-likeness (QED) is 0.792. The van der Waals surface area contributed by atoms with Crippen molar-refractivity contribution in [2.45, 2.75) is 58.0 Å². The van der Waals surface area contributed by atoms with Gasteiger partial charge in [-0.05, 0) is 51.1 Å². The highest BCUT2D eigenvalue weighted by Crippen LogP contribution is 2.37. The first-order valence-corrected chi connectivity index (χ1v) is 7.17. The summed E-state index contributed by atoms with van der Waals surface area (Å²) >= 11 is 0. The lowest BCUT2D eigenvalue weighted by molar-refractivity contribution is 0.110. The van der Waals surface area contributed by atoms with Gasteiger partial charge in [-0.2, -0.15) is 0 Å². The van der Waals surface area contributed by atoms with Crippen LogP contribution in [0.3, 0.4) is 0 Å². The van der Waals surface area contributed by atoms with Crippen molar-refractivity contribution < 1.29 is 0 Å². The zero-order chi connectivity index (χ0) is 11.5. The van der Waals surface area contributed by atoms with Gasteiger partial charge < -0.3 is 5.32 Å². The summed E-state index contributed by atoms with van der Waals surface area (Å²) in [6, 6.07) is 1.61. The van der Waals surface area contributed by atoms with E-state index in [1.54, 1.807) is 0 Å². The fourth-order valence-electron chi connectivity index (χ4n) is 3.86. The molecule has 0 aromatic rings. The first-order chi connectivity index (χ1) is 7.76. The van der Waals surface area contributed by atoms with Crippen LogP contribution in [0, 0.1) is 11.8 Å². The Kier molecular flexibility index (Phi) is 4.26. The van der Waals surface area contributed by atoms with E-state index in [9.17, 15) is 0 Å².